The zero-order valence-corrected chi connectivity index (χ0v) is 16.9. The molecule has 0 aliphatic heterocycles. The van der Waals surface area contributed by atoms with Crippen molar-refractivity contribution in [3.05, 3.63) is 58.7 Å². The first-order valence-electron chi connectivity index (χ1n) is 9.28. The van der Waals surface area contributed by atoms with Gasteiger partial charge in [0.1, 0.15) is 5.75 Å². The Balaban J connectivity index is 1.83. The topological polar surface area (TPSA) is 81.9 Å². The van der Waals surface area contributed by atoms with E-state index in [1.807, 2.05) is 65.0 Å². The number of ether oxygens (including phenoxy) is 1. The van der Waals surface area contributed by atoms with Gasteiger partial charge in [0.15, 0.2) is 0 Å². The van der Waals surface area contributed by atoms with Crippen LogP contribution in [0.1, 0.15) is 35.3 Å². The number of aryl methyl sites for hydroxylation is 3. The van der Waals surface area contributed by atoms with Crippen LogP contribution in [0, 0.1) is 27.7 Å². The Kier molecular flexibility index (Phi) is 5.73. The minimum Gasteiger partial charge on any atom is -0.492 e. The van der Waals surface area contributed by atoms with Crippen molar-refractivity contribution in [3.8, 4) is 11.7 Å². The first-order chi connectivity index (χ1) is 13.4. The van der Waals surface area contributed by atoms with Gasteiger partial charge in [0.25, 0.3) is 5.95 Å². The number of carbonyl (C=O) groups is 1. The number of carbonyl (C=O) groups excluding carboxylic acids is 1. The number of nitrogens with zero attached hydrogens (tertiary/aromatic N) is 4. The average molecular weight is 379 g/mol. The summed E-state index contributed by atoms with van der Waals surface area (Å²) in [5.74, 6) is 1.05. The highest BCUT2D eigenvalue weighted by atomic mass is 16.5. The molecule has 7 nitrogen and oxygen atoms in total. The number of hydrogen-bond acceptors (Lipinski definition) is 5. The number of rotatable bonds is 6. The summed E-state index contributed by atoms with van der Waals surface area (Å²) in [6.07, 6.45) is 0.211. The third-order valence-corrected chi connectivity index (χ3v) is 4.40. The predicted octanol–water partition coefficient (Wildman–Crippen LogP) is 3.48. The fraction of sp³-hybridized carbons (Fsp3) is 0.333. The molecule has 3 rings (SSSR count). The number of nitrogens with one attached hydrogen (secondary N) is 1. The first-order valence-corrected chi connectivity index (χ1v) is 9.28. The Hall–Kier alpha value is -3.22. The number of aromatic nitrogens is 4. The molecule has 146 valence electrons. The predicted molar refractivity (Wildman–Crippen MR) is 108 cm³/mol. The van der Waals surface area contributed by atoms with Crippen LogP contribution in [0.25, 0.3) is 5.95 Å². The maximum Gasteiger partial charge on any atom is 0.251 e. The normalized spacial score (nSPS) is 10.8. The van der Waals surface area contributed by atoms with Crippen molar-refractivity contribution >= 4 is 11.6 Å². The molecule has 2 aromatic heterocycles. The van der Waals surface area contributed by atoms with Crippen molar-refractivity contribution < 1.29 is 9.53 Å². The van der Waals surface area contributed by atoms with E-state index >= 15 is 0 Å². The van der Waals surface area contributed by atoms with Gasteiger partial charge >= 0.3 is 0 Å². The molecule has 3 aromatic rings. The van der Waals surface area contributed by atoms with E-state index in [0.717, 1.165) is 28.3 Å². The van der Waals surface area contributed by atoms with Crippen molar-refractivity contribution in [2.75, 3.05) is 11.9 Å². The lowest BCUT2D eigenvalue weighted by atomic mass is 10.1. The van der Waals surface area contributed by atoms with Crippen LogP contribution in [0.2, 0.25) is 0 Å². The van der Waals surface area contributed by atoms with E-state index in [1.165, 1.54) is 0 Å². The van der Waals surface area contributed by atoms with E-state index in [1.54, 1.807) is 4.68 Å². The first kappa shape index (κ1) is 19.5. The lowest BCUT2D eigenvalue weighted by Gasteiger charge is -2.11. The van der Waals surface area contributed by atoms with E-state index in [0.29, 0.717) is 24.0 Å². The van der Waals surface area contributed by atoms with E-state index in [9.17, 15) is 4.79 Å². The monoisotopic (exact) mass is 379 g/mol. The van der Waals surface area contributed by atoms with Gasteiger partial charge in [-0.15, -0.1) is 0 Å². The highest BCUT2D eigenvalue weighted by molar-refractivity contribution is 5.93. The van der Waals surface area contributed by atoms with Gasteiger partial charge in [0, 0.05) is 22.6 Å². The van der Waals surface area contributed by atoms with Gasteiger partial charge in [-0.1, -0.05) is 12.1 Å². The summed E-state index contributed by atoms with van der Waals surface area (Å²) in [5, 5.41) is 7.49. The molecular formula is C21H25N5O2. The minimum absolute atomic E-state index is 0.126. The van der Waals surface area contributed by atoms with Crippen LogP contribution in [0.3, 0.4) is 0 Å². The molecule has 28 heavy (non-hydrogen) atoms. The molecule has 0 radical (unpaired) electrons. The Labute approximate surface area is 164 Å². The molecule has 1 amide bonds. The van der Waals surface area contributed by atoms with Gasteiger partial charge in [0.2, 0.25) is 5.91 Å². The number of hydrogen-bond donors (Lipinski definition) is 1. The maximum absolute atomic E-state index is 12.7. The van der Waals surface area contributed by atoms with E-state index in [-0.39, 0.29) is 12.3 Å². The second kappa shape index (κ2) is 8.21. The summed E-state index contributed by atoms with van der Waals surface area (Å²) in [4.78, 5) is 21.6. The second-order valence-corrected chi connectivity index (χ2v) is 6.67. The molecule has 0 bridgehead atoms. The lowest BCUT2D eigenvalue weighted by molar-refractivity contribution is -0.115. The van der Waals surface area contributed by atoms with Crippen LogP contribution in [0.4, 0.5) is 5.69 Å². The SMILES string of the molecule is CCOc1ccccc1NC(=O)Cc1c(C)nn(-c2nc(C)cc(C)n2)c1C. The molecule has 0 fully saturated rings. The molecule has 0 atom stereocenters. The van der Waals surface area contributed by atoms with Crippen molar-refractivity contribution in [2.24, 2.45) is 0 Å². The molecule has 1 N–H and O–H groups in total. The van der Waals surface area contributed by atoms with E-state index in [2.05, 4.69) is 20.4 Å². The number of amides is 1. The van der Waals surface area contributed by atoms with Crippen LogP contribution in [-0.2, 0) is 11.2 Å². The summed E-state index contributed by atoms with van der Waals surface area (Å²) < 4.78 is 7.27. The van der Waals surface area contributed by atoms with Crippen LogP contribution < -0.4 is 10.1 Å². The smallest absolute Gasteiger partial charge is 0.251 e. The van der Waals surface area contributed by atoms with Crippen molar-refractivity contribution in [1.82, 2.24) is 19.7 Å². The van der Waals surface area contributed by atoms with Gasteiger partial charge < -0.3 is 10.1 Å². The maximum atomic E-state index is 12.7. The largest absolute Gasteiger partial charge is 0.492 e. The Morgan fingerprint density at radius 3 is 2.46 bits per heavy atom. The van der Waals surface area contributed by atoms with Crippen molar-refractivity contribution in [1.29, 1.82) is 0 Å². The second-order valence-electron chi connectivity index (χ2n) is 6.67. The van der Waals surface area contributed by atoms with Gasteiger partial charge in [-0.05, 0) is 52.8 Å². The van der Waals surface area contributed by atoms with Gasteiger partial charge in [-0.3, -0.25) is 4.79 Å². The molecule has 0 saturated carbocycles. The molecule has 7 heteroatoms. The standard InChI is InChI=1S/C21H25N5O2/c1-6-28-19-10-8-7-9-18(19)24-20(27)12-17-15(4)25-26(16(17)5)21-22-13(2)11-14(3)23-21/h7-11H,6,12H2,1-5H3,(H,24,27). The van der Waals surface area contributed by atoms with Crippen LogP contribution >= 0.6 is 0 Å². The molecule has 0 saturated heterocycles. The Bertz CT molecular complexity index is 990. The average Bonchev–Trinajstić information content (AvgIpc) is 2.91. The Morgan fingerprint density at radius 2 is 1.79 bits per heavy atom. The van der Waals surface area contributed by atoms with Gasteiger partial charge in [0.05, 0.1) is 24.4 Å². The summed E-state index contributed by atoms with van der Waals surface area (Å²) >= 11 is 0. The van der Waals surface area contributed by atoms with E-state index < -0.39 is 0 Å². The summed E-state index contributed by atoms with van der Waals surface area (Å²) in [5.41, 5.74) is 4.93. The van der Waals surface area contributed by atoms with Gasteiger partial charge in [-0.25, -0.2) is 14.6 Å². The molecule has 0 aliphatic carbocycles. The third-order valence-electron chi connectivity index (χ3n) is 4.40. The summed E-state index contributed by atoms with van der Waals surface area (Å²) in [7, 11) is 0. The van der Waals surface area contributed by atoms with E-state index in [4.69, 9.17) is 4.74 Å². The fourth-order valence-corrected chi connectivity index (χ4v) is 3.13. The van der Waals surface area contributed by atoms with Crippen LogP contribution in [0.15, 0.2) is 30.3 Å². The molecule has 0 spiro atoms. The molecule has 1 aromatic carbocycles. The van der Waals surface area contributed by atoms with Crippen LogP contribution in [0.5, 0.6) is 5.75 Å². The quantitative estimate of drug-likeness (QED) is 0.709. The molecular weight excluding hydrogens is 354 g/mol. The van der Waals surface area contributed by atoms with Gasteiger partial charge in [-0.2, -0.15) is 5.10 Å². The zero-order chi connectivity index (χ0) is 20.3. The highest BCUT2D eigenvalue weighted by Crippen LogP contribution is 2.24. The third kappa shape index (κ3) is 4.19. The molecule has 0 unspecified atom stereocenters. The molecule has 0 aliphatic rings. The zero-order valence-electron chi connectivity index (χ0n) is 16.9. The number of para-hydroxylation sites is 2. The van der Waals surface area contributed by atoms with Crippen LogP contribution in [-0.4, -0.2) is 32.3 Å². The summed E-state index contributed by atoms with van der Waals surface area (Å²) in [6, 6.07) is 9.33. The number of anilines is 1. The lowest BCUT2D eigenvalue weighted by Crippen LogP contribution is -2.16. The minimum atomic E-state index is -0.126. The fourth-order valence-electron chi connectivity index (χ4n) is 3.13. The highest BCUT2D eigenvalue weighted by Gasteiger charge is 2.18. The number of benzene rings is 1. The summed E-state index contributed by atoms with van der Waals surface area (Å²) in [6.45, 7) is 10.1. The molecule has 2 heterocycles. The van der Waals surface area contributed by atoms with Crippen molar-refractivity contribution in [2.45, 2.75) is 41.0 Å². The van der Waals surface area contributed by atoms with Crippen molar-refractivity contribution in [3.63, 3.8) is 0 Å². The Morgan fingerprint density at radius 1 is 1.11 bits per heavy atom.